The molecule has 5 nitrogen and oxygen atoms in total. The van der Waals surface area contributed by atoms with Crippen LogP contribution in [0.5, 0.6) is 0 Å². The Hall–Kier alpha value is -1.74. The maximum Gasteiger partial charge on any atom is 0.417 e. The number of benzene rings is 1. The number of halogens is 3. The molecule has 1 aromatic rings. The Bertz CT molecular complexity index is 559. The highest BCUT2D eigenvalue weighted by atomic mass is 32.2. The normalized spacial score (nSPS) is 14.0. The molecule has 0 bridgehead atoms. The third kappa shape index (κ3) is 6.49. The van der Waals surface area contributed by atoms with Crippen molar-refractivity contribution in [1.29, 1.82) is 0 Å². The molecule has 0 unspecified atom stereocenters. The SMILES string of the molecule is Cc1ccc(SCC(=O)NNC(=O)C[C@](C)(O)C(F)(F)F)cc1. The molecule has 1 atom stereocenters. The molecule has 0 saturated heterocycles. The summed E-state index contributed by atoms with van der Waals surface area (Å²) in [6.45, 7) is 2.41. The number of hydrazine groups is 1. The second-order valence-corrected chi connectivity index (χ2v) is 6.20. The lowest BCUT2D eigenvalue weighted by Gasteiger charge is -2.25. The van der Waals surface area contributed by atoms with E-state index in [4.69, 9.17) is 5.11 Å². The first kappa shape index (κ1) is 19.3. The summed E-state index contributed by atoms with van der Waals surface area (Å²) in [5.41, 5.74) is 1.76. The molecule has 0 aliphatic carbocycles. The van der Waals surface area contributed by atoms with Gasteiger partial charge in [0.1, 0.15) is 0 Å². The second-order valence-electron chi connectivity index (χ2n) is 5.15. The summed E-state index contributed by atoms with van der Waals surface area (Å²) in [6, 6.07) is 7.40. The number of nitrogens with one attached hydrogen (secondary N) is 2. The van der Waals surface area contributed by atoms with Crippen molar-refractivity contribution < 1.29 is 27.9 Å². The Kier molecular flexibility index (Phi) is 6.46. The molecule has 1 rings (SSSR count). The molecule has 9 heteroatoms. The van der Waals surface area contributed by atoms with Gasteiger partial charge in [-0.05, 0) is 26.0 Å². The van der Waals surface area contributed by atoms with Crippen LogP contribution in [0.1, 0.15) is 18.9 Å². The molecule has 0 saturated carbocycles. The van der Waals surface area contributed by atoms with E-state index in [1.807, 2.05) is 42.0 Å². The molecule has 0 aromatic heterocycles. The summed E-state index contributed by atoms with van der Waals surface area (Å²) in [6.07, 6.45) is -6.14. The third-order valence-electron chi connectivity index (χ3n) is 2.85. The van der Waals surface area contributed by atoms with Gasteiger partial charge in [0, 0.05) is 4.90 Å². The van der Waals surface area contributed by atoms with Gasteiger partial charge in [0.25, 0.3) is 0 Å². The van der Waals surface area contributed by atoms with Crippen molar-refractivity contribution in [2.75, 3.05) is 5.75 Å². The molecule has 1 aromatic carbocycles. The molecule has 0 fully saturated rings. The van der Waals surface area contributed by atoms with Gasteiger partial charge in [0.15, 0.2) is 5.60 Å². The van der Waals surface area contributed by atoms with E-state index in [9.17, 15) is 22.8 Å². The molecular formula is C14H17F3N2O3S. The van der Waals surface area contributed by atoms with Crippen molar-refractivity contribution in [3.63, 3.8) is 0 Å². The van der Waals surface area contributed by atoms with Crippen LogP contribution in [0.4, 0.5) is 13.2 Å². The molecule has 23 heavy (non-hydrogen) atoms. The number of alkyl halides is 3. The third-order valence-corrected chi connectivity index (χ3v) is 3.86. The largest absolute Gasteiger partial charge is 0.417 e. The fraction of sp³-hybridized carbons (Fsp3) is 0.429. The number of hydrogen-bond acceptors (Lipinski definition) is 4. The van der Waals surface area contributed by atoms with Gasteiger partial charge in [-0.3, -0.25) is 20.4 Å². The first-order valence-corrected chi connectivity index (χ1v) is 7.56. The first-order chi connectivity index (χ1) is 10.5. The quantitative estimate of drug-likeness (QED) is 0.560. The zero-order valence-corrected chi connectivity index (χ0v) is 13.3. The van der Waals surface area contributed by atoms with Gasteiger partial charge in [0.05, 0.1) is 12.2 Å². The Morgan fingerprint density at radius 2 is 1.65 bits per heavy atom. The van der Waals surface area contributed by atoms with Crippen LogP contribution in [0.15, 0.2) is 29.2 Å². The average molecular weight is 350 g/mol. The van der Waals surface area contributed by atoms with E-state index >= 15 is 0 Å². The van der Waals surface area contributed by atoms with E-state index < -0.39 is 30.0 Å². The average Bonchev–Trinajstić information content (AvgIpc) is 2.43. The van der Waals surface area contributed by atoms with Crippen molar-refractivity contribution in [3.8, 4) is 0 Å². The van der Waals surface area contributed by atoms with Gasteiger partial charge < -0.3 is 5.11 Å². The number of rotatable bonds is 5. The van der Waals surface area contributed by atoms with Crippen LogP contribution in [-0.2, 0) is 9.59 Å². The molecule has 128 valence electrons. The molecular weight excluding hydrogens is 333 g/mol. The van der Waals surface area contributed by atoms with Crippen LogP contribution in [0, 0.1) is 6.92 Å². The maximum absolute atomic E-state index is 12.4. The van der Waals surface area contributed by atoms with Crippen molar-refractivity contribution in [2.24, 2.45) is 0 Å². The smallest absolute Gasteiger partial charge is 0.380 e. The van der Waals surface area contributed by atoms with Crippen LogP contribution < -0.4 is 10.9 Å². The molecule has 0 aliphatic rings. The summed E-state index contributed by atoms with van der Waals surface area (Å²) >= 11 is 1.21. The Morgan fingerprint density at radius 3 is 2.17 bits per heavy atom. The lowest BCUT2D eigenvalue weighted by molar-refractivity contribution is -0.253. The van der Waals surface area contributed by atoms with E-state index in [1.165, 1.54) is 11.8 Å². The minimum absolute atomic E-state index is 0.0149. The van der Waals surface area contributed by atoms with E-state index in [2.05, 4.69) is 0 Å². The number of amides is 2. The van der Waals surface area contributed by atoms with Gasteiger partial charge in [0.2, 0.25) is 11.8 Å². The maximum atomic E-state index is 12.4. The number of thioether (sulfide) groups is 1. The van der Waals surface area contributed by atoms with Gasteiger partial charge >= 0.3 is 6.18 Å². The number of carbonyl (C=O) groups excluding carboxylic acids is 2. The summed E-state index contributed by atoms with van der Waals surface area (Å²) in [7, 11) is 0. The Labute approximate surface area is 135 Å². The minimum atomic E-state index is -4.93. The molecule has 0 aliphatic heterocycles. The molecule has 0 radical (unpaired) electrons. The summed E-state index contributed by atoms with van der Waals surface area (Å²) in [5.74, 6) is -1.73. The van der Waals surface area contributed by atoms with Crippen LogP contribution in [0.25, 0.3) is 0 Å². The highest BCUT2D eigenvalue weighted by molar-refractivity contribution is 8.00. The highest BCUT2D eigenvalue weighted by Gasteiger charge is 2.51. The predicted molar refractivity (Wildman–Crippen MR) is 79.5 cm³/mol. The summed E-state index contributed by atoms with van der Waals surface area (Å²) < 4.78 is 37.2. The first-order valence-electron chi connectivity index (χ1n) is 6.57. The number of carbonyl (C=O) groups is 2. The Morgan fingerprint density at radius 1 is 1.13 bits per heavy atom. The zero-order valence-electron chi connectivity index (χ0n) is 12.5. The number of aliphatic hydroxyl groups is 1. The molecule has 0 spiro atoms. The molecule has 0 heterocycles. The van der Waals surface area contributed by atoms with E-state index in [0.717, 1.165) is 10.5 Å². The fourth-order valence-corrected chi connectivity index (χ4v) is 2.11. The van der Waals surface area contributed by atoms with E-state index in [-0.39, 0.29) is 5.75 Å². The van der Waals surface area contributed by atoms with Crippen molar-refractivity contribution >= 4 is 23.6 Å². The molecule has 3 N–H and O–H groups in total. The van der Waals surface area contributed by atoms with Crippen molar-refractivity contribution in [2.45, 2.75) is 36.9 Å². The zero-order chi connectivity index (χ0) is 17.7. The van der Waals surface area contributed by atoms with Crippen LogP contribution in [0.2, 0.25) is 0 Å². The van der Waals surface area contributed by atoms with Crippen molar-refractivity contribution in [1.82, 2.24) is 10.9 Å². The number of hydrogen-bond donors (Lipinski definition) is 3. The lowest BCUT2D eigenvalue weighted by Crippen LogP contribution is -2.49. The summed E-state index contributed by atoms with van der Waals surface area (Å²) in [4.78, 5) is 23.7. The van der Waals surface area contributed by atoms with Crippen LogP contribution in [0.3, 0.4) is 0 Å². The van der Waals surface area contributed by atoms with E-state index in [0.29, 0.717) is 6.92 Å². The topological polar surface area (TPSA) is 78.4 Å². The van der Waals surface area contributed by atoms with Gasteiger partial charge in [-0.25, -0.2) is 0 Å². The summed E-state index contributed by atoms with van der Waals surface area (Å²) in [5, 5.41) is 9.16. The van der Waals surface area contributed by atoms with Gasteiger partial charge in [-0.1, -0.05) is 17.7 Å². The predicted octanol–water partition coefficient (Wildman–Crippen LogP) is 1.94. The van der Waals surface area contributed by atoms with Gasteiger partial charge in [-0.2, -0.15) is 13.2 Å². The van der Waals surface area contributed by atoms with E-state index in [1.54, 1.807) is 0 Å². The van der Waals surface area contributed by atoms with Crippen molar-refractivity contribution in [3.05, 3.63) is 29.8 Å². The van der Waals surface area contributed by atoms with Gasteiger partial charge in [-0.15, -0.1) is 11.8 Å². The highest BCUT2D eigenvalue weighted by Crippen LogP contribution is 2.32. The Balaban J connectivity index is 2.35. The standard InChI is InChI=1S/C14H17F3N2O3S/c1-9-3-5-10(6-4-9)23-8-12(21)19-18-11(20)7-13(2,22)14(15,16)17/h3-6,22H,7-8H2,1-2H3,(H,18,20)(H,19,21)/t13-/m0/s1. The lowest BCUT2D eigenvalue weighted by atomic mass is 10.0. The molecule has 2 amide bonds. The number of aryl methyl sites for hydroxylation is 1. The van der Waals surface area contributed by atoms with Crippen LogP contribution in [-0.4, -0.2) is 34.5 Å². The monoisotopic (exact) mass is 350 g/mol. The second kappa shape index (κ2) is 7.69. The van der Waals surface area contributed by atoms with Crippen LogP contribution >= 0.6 is 11.8 Å². The minimum Gasteiger partial charge on any atom is -0.380 e. The fourth-order valence-electron chi connectivity index (χ4n) is 1.42.